The Bertz CT molecular complexity index is 1220. The zero-order valence-electron chi connectivity index (χ0n) is 20.9. The Morgan fingerprint density at radius 2 is 1.92 bits per heavy atom. The summed E-state index contributed by atoms with van der Waals surface area (Å²) in [6.07, 6.45) is 8.02. The van der Waals surface area contributed by atoms with Crippen molar-refractivity contribution >= 4 is 21.8 Å². The number of carbonyl (C=O) groups excluding carboxylic acids is 1. The number of carbonyl (C=O) groups is 1. The van der Waals surface area contributed by atoms with Crippen LogP contribution in [0.5, 0.6) is 5.75 Å². The highest BCUT2D eigenvalue weighted by Crippen LogP contribution is 2.45. The van der Waals surface area contributed by atoms with Gasteiger partial charge in [0.15, 0.2) is 0 Å². The van der Waals surface area contributed by atoms with Crippen LogP contribution in [-0.2, 0) is 32.3 Å². The second-order valence-corrected chi connectivity index (χ2v) is 11.8. The zero-order chi connectivity index (χ0) is 25.3. The first-order valence-corrected chi connectivity index (χ1v) is 14.3. The topological polar surface area (TPSA) is 95.0 Å². The summed E-state index contributed by atoms with van der Waals surface area (Å²) in [7, 11) is -2.69. The third kappa shape index (κ3) is 4.95. The number of sulfonamides is 1. The van der Waals surface area contributed by atoms with Gasteiger partial charge in [0.1, 0.15) is 17.1 Å². The highest BCUT2D eigenvalue weighted by atomic mass is 32.2. The number of aryl methyl sites for hydroxylation is 2. The number of nitrogens with zero attached hydrogens (tertiary/aromatic N) is 2. The number of hydrogen-bond donors (Lipinski definition) is 0. The Hall–Kier alpha value is -2.65. The van der Waals surface area contributed by atoms with E-state index in [0.29, 0.717) is 43.2 Å². The van der Waals surface area contributed by atoms with Crippen LogP contribution in [0.2, 0.25) is 0 Å². The van der Waals surface area contributed by atoms with Gasteiger partial charge in [-0.05, 0) is 86.1 Å². The molecule has 5 rings (SSSR count). The van der Waals surface area contributed by atoms with E-state index >= 15 is 0 Å². The van der Waals surface area contributed by atoms with Gasteiger partial charge in [0, 0.05) is 19.4 Å². The number of pyridine rings is 1. The van der Waals surface area contributed by atoms with E-state index < -0.39 is 16.0 Å². The van der Waals surface area contributed by atoms with Crippen molar-refractivity contribution < 1.29 is 27.4 Å². The Morgan fingerprint density at radius 3 is 2.61 bits per heavy atom. The predicted octanol–water partition coefficient (Wildman–Crippen LogP) is 4.16. The van der Waals surface area contributed by atoms with Crippen molar-refractivity contribution in [2.24, 2.45) is 11.8 Å². The van der Waals surface area contributed by atoms with Gasteiger partial charge in [-0.15, -0.1) is 0 Å². The number of rotatable bonds is 8. The van der Waals surface area contributed by atoms with E-state index in [0.717, 1.165) is 56.1 Å². The molecular formula is C27H34N2O6S. The maximum Gasteiger partial charge on any atom is 0.341 e. The van der Waals surface area contributed by atoms with E-state index in [9.17, 15) is 13.2 Å². The summed E-state index contributed by atoms with van der Waals surface area (Å²) in [4.78, 5) is 17.3. The van der Waals surface area contributed by atoms with E-state index in [-0.39, 0.29) is 16.5 Å². The molecule has 1 aromatic carbocycles. The van der Waals surface area contributed by atoms with Gasteiger partial charge in [0.05, 0.1) is 24.7 Å². The number of benzene rings is 1. The average molecular weight is 515 g/mol. The van der Waals surface area contributed by atoms with Crippen LogP contribution in [0.3, 0.4) is 0 Å². The fraction of sp³-hybridized carbons (Fsp3) is 0.556. The molecule has 9 heteroatoms. The molecule has 0 bridgehead atoms. The maximum absolute atomic E-state index is 14.1. The Kier molecular flexibility index (Phi) is 7.21. The van der Waals surface area contributed by atoms with Crippen LogP contribution >= 0.6 is 0 Å². The van der Waals surface area contributed by atoms with Crippen molar-refractivity contribution in [3.63, 3.8) is 0 Å². The molecule has 0 unspecified atom stereocenters. The number of aromatic nitrogens is 1. The first kappa shape index (κ1) is 25.0. The number of methoxy groups -OCH3 is 1. The van der Waals surface area contributed by atoms with Crippen LogP contribution < -0.4 is 9.04 Å². The quantitative estimate of drug-likeness (QED) is 0.488. The van der Waals surface area contributed by atoms with Crippen molar-refractivity contribution in [2.45, 2.75) is 62.8 Å². The number of anilines is 1. The molecule has 1 aromatic heterocycles. The molecule has 0 spiro atoms. The first-order valence-electron chi connectivity index (χ1n) is 12.9. The van der Waals surface area contributed by atoms with Crippen LogP contribution in [0.1, 0.15) is 60.5 Å². The third-order valence-corrected chi connectivity index (χ3v) is 9.33. The SMILES string of the molecule is CCc1cnc2c(c1)CC[C@@H](C1CC1)N2S(=O)(=O)c1ccc(OCC2CCOCC2)c(C(=O)OC)c1. The van der Waals surface area contributed by atoms with Crippen molar-refractivity contribution in [3.8, 4) is 5.75 Å². The Labute approximate surface area is 213 Å². The molecule has 2 fully saturated rings. The Morgan fingerprint density at radius 1 is 1.14 bits per heavy atom. The number of hydrogen-bond acceptors (Lipinski definition) is 7. The molecule has 1 saturated carbocycles. The van der Waals surface area contributed by atoms with Crippen molar-refractivity contribution in [2.75, 3.05) is 31.2 Å². The summed E-state index contributed by atoms with van der Waals surface area (Å²) >= 11 is 0. The fourth-order valence-electron chi connectivity index (χ4n) is 5.21. The van der Waals surface area contributed by atoms with Crippen LogP contribution in [0.15, 0.2) is 35.4 Å². The van der Waals surface area contributed by atoms with Crippen LogP contribution in [0.25, 0.3) is 0 Å². The van der Waals surface area contributed by atoms with E-state index in [4.69, 9.17) is 14.2 Å². The first-order chi connectivity index (χ1) is 17.4. The summed E-state index contributed by atoms with van der Waals surface area (Å²) in [5, 5.41) is 0. The number of fused-ring (bicyclic) bond motifs is 1. The normalized spacial score (nSPS) is 20.6. The molecule has 36 heavy (non-hydrogen) atoms. The summed E-state index contributed by atoms with van der Waals surface area (Å²) in [5.41, 5.74) is 2.16. The number of esters is 1. The van der Waals surface area contributed by atoms with Crippen molar-refractivity contribution in [3.05, 3.63) is 47.2 Å². The molecule has 2 aromatic rings. The molecule has 1 atom stereocenters. The van der Waals surface area contributed by atoms with E-state index in [2.05, 4.69) is 18.0 Å². The second kappa shape index (κ2) is 10.4. The molecule has 194 valence electrons. The summed E-state index contributed by atoms with van der Waals surface area (Å²) < 4.78 is 46.1. The molecule has 0 N–H and O–H groups in total. The fourth-order valence-corrected chi connectivity index (χ4v) is 6.97. The highest BCUT2D eigenvalue weighted by Gasteiger charge is 2.44. The zero-order valence-corrected chi connectivity index (χ0v) is 21.8. The van der Waals surface area contributed by atoms with Gasteiger partial charge >= 0.3 is 5.97 Å². The van der Waals surface area contributed by atoms with Gasteiger partial charge in [0.25, 0.3) is 10.0 Å². The lowest BCUT2D eigenvalue weighted by Crippen LogP contribution is -2.45. The predicted molar refractivity (Wildman–Crippen MR) is 135 cm³/mol. The van der Waals surface area contributed by atoms with Gasteiger partial charge in [-0.25, -0.2) is 22.5 Å². The maximum atomic E-state index is 14.1. The molecule has 2 aliphatic heterocycles. The van der Waals surface area contributed by atoms with Crippen LogP contribution in [0.4, 0.5) is 5.82 Å². The standard InChI is InChI=1S/C27H34N2O6S/c1-3-18-14-21-6-8-24(20-4-5-20)29(26(21)28-16-18)36(31,32)22-7-9-25(23(15-22)27(30)33-2)35-17-19-10-12-34-13-11-19/h7,9,14-16,19-20,24H,3-6,8,10-13,17H2,1-2H3/t24-/m0/s1. The summed E-state index contributed by atoms with van der Waals surface area (Å²) in [6, 6.07) is 6.43. The minimum absolute atomic E-state index is 0.0428. The molecule has 0 amide bonds. The minimum Gasteiger partial charge on any atom is -0.492 e. The summed E-state index contributed by atoms with van der Waals surface area (Å²) in [5.74, 6) is 0.877. The molecule has 8 nitrogen and oxygen atoms in total. The van der Waals surface area contributed by atoms with Crippen LogP contribution in [-0.4, -0.2) is 52.3 Å². The molecule has 3 heterocycles. The largest absolute Gasteiger partial charge is 0.492 e. The molecular weight excluding hydrogens is 480 g/mol. The summed E-state index contributed by atoms with van der Waals surface area (Å²) in [6.45, 7) is 3.89. The monoisotopic (exact) mass is 514 g/mol. The van der Waals surface area contributed by atoms with E-state index in [1.54, 1.807) is 12.3 Å². The minimum atomic E-state index is -3.97. The highest BCUT2D eigenvalue weighted by molar-refractivity contribution is 7.92. The van der Waals surface area contributed by atoms with E-state index in [1.165, 1.54) is 23.5 Å². The lowest BCUT2D eigenvalue weighted by molar-refractivity contribution is 0.0483. The van der Waals surface area contributed by atoms with Gasteiger partial charge in [-0.1, -0.05) is 13.0 Å². The average Bonchev–Trinajstić information content (AvgIpc) is 3.76. The van der Waals surface area contributed by atoms with E-state index in [1.807, 2.05) is 0 Å². The second-order valence-electron chi connectivity index (χ2n) is 9.94. The molecule has 0 radical (unpaired) electrons. The van der Waals surface area contributed by atoms with Gasteiger partial charge in [-0.3, -0.25) is 0 Å². The van der Waals surface area contributed by atoms with Gasteiger partial charge in [0.2, 0.25) is 0 Å². The van der Waals surface area contributed by atoms with Gasteiger partial charge < -0.3 is 14.2 Å². The number of ether oxygens (including phenoxy) is 3. The van der Waals surface area contributed by atoms with Crippen molar-refractivity contribution in [1.29, 1.82) is 0 Å². The Balaban J connectivity index is 1.49. The molecule has 1 aliphatic carbocycles. The van der Waals surface area contributed by atoms with Crippen LogP contribution in [0, 0.1) is 11.8 Å². The molecule has 1 saturated heterocycles. The lowest BCUT2D eigenvalue weighted by Gasteiger charge is -2.37. The van der Waals surface area contributed by atoms with Gasteiger partial charge in [-0.2, -0.15) is 0 Å². The smallest absolute Gasteiger partial charge is 0.341 e. The molecule has 3 aliphatic rings. The van der Waals surface area contributed by atoms with Crippen molar-refractivity contribution in [1.82, 2.24) is 4.98 Å². The third-order valence-electron chi connectivity index (χ3n) is 7.52. The lowest BCUT2D eigenvalue weighted by atomic mass is 9.96.